The fourth-order valence-corrected chi connectivity index (χ4v) is 4.48. The maximum absolute atomic E-state index is 11.6. The summed E-state index contributed by atoms with van der Waals surface area (Å²) >= 11 is 0. The molecule has 3 rings (SSSR count). The van der Waals surface area contributed by atoms with Crippen LogP contribution < -0.4 is 9.46 Å². The molecule has 0 aliphatic carbocycles. The number of nitrogens with zero attached hydrogens (tertiary/aromatic N) is 1. The second-order valence-electron chi connectivity index (χ2n) is 7.78. The van der Waals surface area contributed by atoms with Crippen LogP contribution in [0.25, 0.3) is 0 Å². The zero-order chi connectivity index (χ0) is 24.0. The summed E-state index contributed by atoms with van der Waals surface area (Å²) in [5.74, 6) is -1.32. The Morgan fingerprint density at radius 1 is 1.31 bits per heavy atom. The highest BCUT2D eigenvalue weighted by molar-refractivity contribution is 7.89. The average molecular weight is 483 g/mol. The molecule has 0 amide bonds. The van der Waals surface area contributed by atoms with E-state index in [0.717, 1.165) is 44.8 Å². The van der Waals surface area contributed by atoms with E-state index in [1.807, 2.05) is 12.1 Å². The molecule has 8 nitrogen and oxygen atoms in total. The first-order valence-corrected chi connectivity index (χ1v) is 11.8. The minimum absolute atomic E-state index is 0.0792. The molecule has 2 heterocycles. The van der Waals surface area contributed by atoms with Gasteiger partial charge in [0.25, 0.3) is 0 Å². The highest BCUT2D eigenvalue weighted by atomic mass is 32.2. The van der Waals surface area contributed by atoms with Crippen LogP contribution in [0, 0.1) is 5.92 Å². The molecular formula is C20H29F3N2O6S. The predicted molar refractivity (Wildman–Crippen MR) is 111 cm³/mol. The molecule has 182 valence electrons. The van der Waals surface area contributed by atoms with Crippen LogP contribution in [-0.4, -0.2) is 75.3 Å². The molecule has 0 bridgehead atoms. The average Bonchev–Trinajstić information content (AvgIpc) is 3.12. The molecule has 1 aromatic carbocycles. The van der Waals surface area contributed by atoms with Crippen molar-refractivity contribution in [3.8, 4) is 5.75 Å². The van der Waals surface area contributed by atoms with E-state index >= 15 is 0 Å². The third-order valence-electron chi connectivity index (χ3n) is 5.58. The summed E-state index contributed by atoms with van der Waals surface area (Å²) < 4.78 is 68.8. The highest BCUT2D eigenvalue weighted by Gasteiger charge is 2.52. The molecule has 2 N–H and O–H groups in total. The van der Waals surface area contributed by atoms with Gasteiger partial charge >= 0.3 is 12.1 Å². The van der Waals surface area contributed by atoms with Crippen LogP contribution in [0.2, 0.25) is 0 Å². The standard InChI is InChI=1S/C18H28N2O4S.C2HF3O2/c1-3-25(21,22)19-10-8-16-9-11-24-18(16)13-20(14-18)12-15-4-6-17(23-2)7-5-15;3-2(4,5)1(6)7/h4-7,16,19H,3,8-14H2,1-2H3;(H,6,7). The Balaban J connectivity index is 0.000000451. The van der Waals surface area contributed by atoms with Gasteiger partial charge in [0.2, 0.25) is 10.0 Å². The minimum atomic E-state index is -5.08. The van der Waals surface area contributed by atoms with E-state index in [1.54, 1.807) is 14.0 Å². The number of methoxy groups -OCH3 is 1. The van der Waals surface area contributed by atoms with Gasteiger partial charge in [-0.05, 0) is 43.4 Å². The fourth-order valence-electron chi connectivity index (χ4n) is 3.84. The molecule has 0 aromatic heterocycles. The Bertz CT molecular complexity index is 855. The molecule has 2 fully saturated rings. The Kier molecular flexibility index (Phi) is 8.91. The SMILES string of the molecule is CCS(=O)(=O)NCCC1CCOC12CN(Cc1ccc(OC)cc1)C2.O=C(O)C(F)(F)F. The lowest BCUT2D eigenvalue weighted by molar-refractivity contribution is -0.192. The van der Waals surface area contributed by atoms with Gasteiger partial charge < -0.3 is 14.6 Å². The molecule has 32 heavy (non-hydrogen) atoms. The summed E-state index contributed by atoms with van der Waals surface area (Å²) in [5.41, 5.74) is 1.19. The van der Waals surface area contributed by atoms with Crippen molar-refractivity contribution in [1.29, 1.82) is 0 Å². The normalized spacial score (nSPS) is 20.3. The van der Waals surface area contributed by atoms with Crippen LogP contribution in [0.3, 0.4) is 0 Å². The zero-order valence-electron chi connectivity index (χ0n) is 18.0. The molecule has 0 saturated carbocycles. The molecule has 1 aromatic rings. The molecule has 2 saturated heterocycles. The van der Waals surface area contributed by atoms with E-state index < -0.39 is 22.2 Å². The summed E-state index contributed by atoms with van der Waals surface area (Å²) in [6.07, 6.45) is -3.22. The van der Waals surface area contributed by atoms with E-state index in [1.165, 1.54) is 5.56 Å². The lowest BCUT2D eigenvalue weighted by Gasteiger charge is -2.50. The number of carboxylic acid groups (broad SMARTS) is 1. The Labute approximate surface area is 185 Å². The Hall–Kier alpha value is -1.89. The number of nitrogens with one attached hydrogen (secondary N) is 1. The zero-order valence-corrected chi connectivity index (χ0v) is 18.8. The smallest absolute Gasteiger partial charge is 0.490 e. The van der Waals surface area contributed by atoms with Crippen LogP contribution in [0.5, 0.6) is 5.75 Å². The number of hydrogen-bond donors (Lipinski definition) is 2. The van der Waals surface area contributed by atoms with Crippen molar-refractivity contribution in [2.24, 2.45) is 5.92 Å². The maximum atomic E-state index is 11.6. The summed E-state index contributed by atoms with van der Waals surface area (Å²) in [6, 6.07) is 8.16. The van der Waals surface area contributed by atoms with Gasteiger partial charge in [-0.3, -0.25) is 4.90 Å². The molecule has 1 unspecified atom stereocenters. The Morgan fingerprint density at radius 2 is 1.91 bits per heavy atom. The number of alkyl halides is 3. The predicted octanol–water partition coefficient (Wildman–Crippen LogP) is 2.25. The number of aliphatic carboxylic acids is 1. The topological polar surface area (TPSA) is 105 Å². The van der Waals surface area contributed by atoms with Gasteiger partial charge in [0.05, 0.1) is 18.5 Å². The molecule has 1 spiro atoms. The third-order valence-corrected chi connectivity index (χ3v) is 6.99. The van der Waals surface area contributed by atoms with Gasteiger partial charge in [0, 0.05) is 32.8 Å². The quantitative estimate of drug-likeness (QED) is 0.586. The number of rotatable bonds is 8. The molecule has 12 heteroatoms. The number of halogens is 3. The summed E-state index contributed by atoms with van der Waals surface area (Å²) in [6.45, 7) is 5.69. The monoisotopic (exact) mass is 482 g/mol. The van der Waals surface area contributed by atoms with E-state index in [-0.39, 0.29) is 11.4 Å². The van der Waals surface area contributed by atoms with E-state index in [0.29, 0.717) is 12.5 Å². The fraction of sp³-hybridized carbons (Fsp3) is 0.650. The number of hydrogen-bond acceptors (Lipinski definition) is 6. The van der Waals surface area contributed by atoms with Crippen molar-refractivity contribution in [2.75, 3.05) is 39.1 Å². The van der Waals surface area contributed by atoms with E-state index in [9.17, 15) is 21.6 Å². The van der Waals surface area contributed by atoms with Gasteiger partial charge in [-0.1, -0.05) is 12.1 Å². The van der Waals surface area contributed by atoms with Gasteiger partial charge in [-0.15, -0.1) is 0 Å². The first kappa shape index (κ1) is 26.4. The van der Waals surface area contributed by atoms with Crippen molar-refractivity contribution in [3.63, 3.8) is 0 Å². The Morgan fingerprint density at radius 3 is 2.41 bits per heavy atom. The van der Waals surface area contributed by atoms with Gasteiger partial charge in [0.1, 0.15) is 5.75 Å². The number of benzene rings is 1. The van der Waals surface area contributed by atoms with Crippen LogP contribution in [0.1, 0.15) is 25.3 Å². The van der Waals surface area contributed by atoms with Gasteiger partial charge in [0.15, 0.2) is 0 Å². The second-order valence-corrected chi connectivity index (χ2v) is 9.88. The maximum Gasteiger partial charge on any atom is 0.490 e. The van der Waals surface area contributed by atoms with Gasteiger partial charge in [-0.25, -0.2) is 17.9 Å². The van der Waals surface area contributed by atoms with Crippen molar-refractivity contribution >= 4 is 16.0 Å². The van der Waals surface area contributed by atoms with Crippen molar-refractivity contribution in [2.45, 2.75) is 38.1 Å². The van der Waals surface area contributed by atoms with Crippen molar-refractivity contribution in [3.05, 3.63) is 29.8 Å². The number of carboxylic acids is 1. The minimum Gasteiger partial charge on any atom is -0.497 e. The molecule has 0 radical (unpaired) electrons. The molecular weight excluding hydrogens is 453 g/mol. The summed E-state index contributed by atoms with van der Waals surface area (Å²) in [7, 11) is -1.43. The van der Waals surface area contributed by atoms with Gasteiger partial charge in [-0.2, -0.15) is 13.2 Å². The van der Waals surface area contributed by atoms with E-state index in [2.05, 4.69) is 21.8 Å². The van der Waals surface area contributed by atoms with Crippen molar-refractivity contribution < 1.29 is 41.0 Å². The van der Waals surface area contributed by atoms with Crippen LogP contribution in [0.15, 0.2) is 24.3 Å². The number of carbonyl (C=O) groups is 1. The van der Waals surface area contributed by atoms with Crippen LogP contribution in [0.4, 0.5) is 13.2 Å². The molecule has 2 aliphatic heterocycles. The number of sulfonamides is 1. The first-order valence-electron chi connectivity index (χ1n) is 10.2. The third kappa shape index (κ3) is 7.32. The first-order chi connectivity index (χ1) is 14.9. The second kappa shape index (κ2) is 10.8. The molecule has 1 atom stereocenters. The highest BCUT2D eigenvalue weighted by Crippen LogP contribution is 2.42. The van der Waals surface area contributed by atoms with Crippen LogP contribution >= 0.6 is 0 Å². The summed E-state index contributed by atoms with van der Waals surface area (Å²) in [5, 5.41) is 7.12. The number of ether oxygens (including phenoxy) is 2. The van der Waals surface area contributed by atoms with Crippen LogP contribution in [-0.2, 0) is 26.1 Å². The van der Waals surface area contributed by atoms with E-state index in [4.69, 9.17) is 19.4 Å². The molecule has 2 aliphatic rings. The van der Waals surface area contributed by atoms with Crippen molar-refractivity contribution in [1.82, 2.24) is 9.62 Å². The number of likely N-dealkylation sites (tertiary alicyclic amines) is 1. The summed E-state index contributed by atoms with van der Waals surface area (Å²) in [4.78, 5) is 11.3. The largest absolute Gasteiger partial charge is 0.497 e. The lowest BCUT2D eigenvalue weighted by atomic mass is 9.79. The lowest BCUT2D eigenvalue weighted by Crippen LogP contribution is -2.64.